The number of phosphoric ester groups is 1. The lowest BCUT2D eigenvalue weighted by atomic mass is 10.0. The fourth-order valence-corrected chi connectivity index (χ4v) is 7.25. The molecule has 0 aliphatic heterocycles. The second-order valence-electron chi connectivity index (χ2n) is 7.33. The van der Waals surface area contributed by atoms with E-state index >= 15 is 0 Å². The van der Waals surface area contributed by atoms with Gasteiger partial charge in [-0.25, -0.2) is 28.6 Å². The SMILES string of the molecule is Nc1ncnc2c1ncn2[C@]12C[C@H]1C(COP(=O)(O)OP(=O)(O)OP(=O)(O)O)[C@@H](O)[C@H]2O. The highest BCUT2D eigenvalue weighted by molar-refractivity contribution is 7.66. The Bertz CT molecular complexity index is 1200. The Morgan fingerprint density at radius 3 is 2.44 bits per heavy atom. The number of nitrogens with zero attached hydrogens (tertiary/aromatic N) is 4. The number of hydrogen-bond acceptors (Lipinski definition) is 12. The summed E-state index contributed by atoms with van der Waals surface area (Å²) in [4.78, 5) is 48.0. The Morgan fingerprint density at radius 2 is 1.78 bits per heavy atom. The first kappa shape index (κ1) is 23.8. The number of fused-ring (bicyclic) bond motifs is 2. The molecule has 7 atom stereocenters. The molecule has 178 valence electrons. The molecule has 2 aromatic rings. The van der Waals surface area contributed by atoms with E-state index in [2.05, 4.69) is 28.1 Å². The van der Waals surface area contributed by atoms with E-state index in [0.717, 1.165) is 0 Å². The van der Waals surface area contributed by atoms with Gasteiger partial charge in [0, 0.05) is 5.92 Å². The highest BCUT2D eigenvalue weighted by atomic mass is 31.3. The van der Waals surface area contributed by atoms with E-state index in [1.165, 1.54) is 17.2 Å². The average Bonchev–Trinajstić information content (AvgIpc) is 3.12. The molecule has 32 heavy (non-hydrogen) atoms. The van der Waals surface area contributed by atoms with Gasteiger partial charge < -0.3 is 40.1 Å². The third kappa shape index (κ3) is 4.16. The number of phosphoric acid groups is 3. The van der Waals surface area contributed by atoms with E-state index in [0.29, 0.717) is 12.1 Å². The van der Waals surface area contributed by atoms with Gasteiger partial charge in [-0.1, -0.05) is 0 Å². The fraction of sp³-hybridized carbons (Fsp3) is 0.583. The first-order valence-electron chi connectivity index (χ1n) is 8.75. The Hall–Kier alpha value is -1.32. The fourth-order valence-electron chi connectivity index (χ4n) is 4.20. The molecule has 2 aliphatic rings. The highest BCUT2D eigenvalue weighted by Gasteiger charge is 2.72. The number of aromatic nitrogens is 4. The van der Waals surface area contributed by atoms with Crippen molar-refractivity contribution in [2.24, 2.45) is 11.8 Å². The van der Waals surface area contributed by atoms with Crippen molar-refractivity contribution in [2.75, 3.05) is 12.3 Å². The maximum atomic E-state index is 12.0. The minimum absolute atomic E-state index is 0.111. The summed E-state index contributed by atoms with van der Waals surface area (Å²) >= 11 is 0. The van der Waals surface area contributed by atoms with E-state index in [9.17, 15) is 33.7 Å². The van der Waals surface area contributed by atoms with Crippen LogP contribution in [0.1, 0.15) is 6.42 Å². The van der Waals surface area contributed by atoms with Crippen LogP contribution in [0, 0.1) is 11.8 Å². The van der Waals surface area contributed by atoms with Crippen molar-refractivity contribution < 1.29 is 56.6 Å². The second-order valence-corrected chi connectivity index (χ2v) is 11.8. The normalized spacial score (nSPS) is 33.6. The van der Waals surface area contributed by atoms with Gasteiger partial charge in [-0.2, -0.15) is 8.62 Å². The quantitative estimate of drug-likeness (QED) is 0.203. The van der Waals surface area contributed by atoms with Crippen LogP contribution in [0.3, 0.4) is 0 Å². The molecule has 8 N–H and O–H groups in total. The molecule has 0 radical (unpaired) electrons. The summed E-state index contributed by atoms with van der Waals surface area (Å²) in [5.41, 5.74) is 5.30. The van der Waals surface area contributed by atoms with Crippen LogP contribution in [0.15, 0.2) is 12.7 Å². The molecule has 0 spiro atoms. The molecule has 2 heterocycles. The van der Waals surface area contributed by atoms with Crippen LogP contribution in [0.2, 0.25) is 0 Å². The molecule has 2 aromatic heterocycles. The Kier molecular flexibility index (Phi) is 5.66. The van der Waals surface area contributed by atoms with Crippen molar-refractivity contribution >= 4 is 40.4 Å². The summed E-state index contributed by atoms with van der Waals surface area (Å²) < 4.78 is 47.5. The minimum Gasteiger partial charge on any atom is -0.390 e. The molecule has 0 bridgehead atoms. The van der Waals surface area contributed by atoms with Gasteiger partial charge in [0.2, 0.25) is 0 Å². The van der Waals surface area contributed by atoms with Crippen molar-refractivity contribution in [2.45, 2.75) is 24.2 Å². The van der Waals surface area contributed by atoms with Crippen LogP contribution in [0.5, 0.6) is 0 Å². The topological polar surface area (TPSA) is 270 Å². The lowest BCUT2D eigenvalue weighted by Crippen LogP contribution is -2.39. The average molecular weight is 517 g/mol. The van der Waals surface area contributed by atoms with Gasteiger partial charge in [0.25, 0.3) is 0 Å². The van der Waals surface area contributed by atoms with Gasteiger partial charge in [-0.3, -0.25) is 4.52 Å². The zero-order chi connectivity index (χ0) is 23.7. The Labute approximate surface area is 178 Å². The monoisotopic (exact) mass is 517 g/mol. The van der Waals surface area contributed by atoms with Gasteiger partial charge in [0.05, 0.1) is 24.6 Å². The Morgan fingerprint density at radius 1 is 1.09 bits per heavy atom. The van der Waals surface area contributed by atoms with Crippen molar-refractivity contribution in [3.8, 4) is 0 Å². The number of hydrogen-bond donors (Lipinski definition) is 7. The van der Waals surface area contributed by atoms with Gasteiger partial charge in [0.15, 0.2) is 11.5 Å². The second kappa shape index (κ2) is 7.60. The van der Waals surface area contributed by atoms with E-state index in [1.54, 1.807) is 0 Å². The van der Waals surface area contributed by atoms with Gasteiger partial charge in [-0.15, -0.1) is 0 Å². The third-order valence-electron chi connectivity index (χ3n) is 5.48. The van der Waals surface area contributed by atoms with Crippen LogP contribution in [-0.2, 0) is 32.4 Å². The number of aliphatic hydroxyl groups is 2. The minimum atomic E-state index is -5.67. The van der Waals surface area contributed by atoms with E-state index in [4.69, 9.17) is 15.5 Å². The van der Waals surface area contributed by atoms with Gasteiger partial charge >= 0.3 is 23.5 Å². The molecule has 0 saturated heterocycles. The maximum absolute atomic E-state index is 12.0. The number of nitrogen functional groups attached to an aromatic ring is 1. The first-order chi connectivity index (χ1) is 14.7. The Balaban J connectivity index is 1.50. The summed E-state index contributed by atoms with van der Waals surface area (Å²) in [5.74, 6) is -1.29. The predicted octanol–water partition coefficient (Wildman–Crippen LogP) is -1.18. The maximum Gasteiger partial charge on any atom is 0.490 e. The molecule has 3 unspecified atom stereocenters. The van der Waals surface area contributed by atoms with Crippen LogP contribution in [0.25, 0.3) is 11.2 Å². The smallest absolute Gasteiger partial charge is 0.390 e. The third-order valence-corrected chi connectivity index (χ3v) is 9.28. The highest BCUT2D eigenvalue weighted by Crippen LogP contribution is 2.68. The van der Waals surface area contributed by atoms with Crippen molar-refractivity contribution in [1.29, 1.82) is 0 Å². The summed E-state index contributed by atoms with van der Waals surface area (Å²) in [5, 5.41) is 21.2. The first-order valence-corrected chi connectivity index (χ1v) is 13.3. The molecule has 4 rings (SSSR count). The molecule has 2 saturated carbocycles. The van der Waals surface area contributed by atoms with Gasteiger partial charge in [-0.05, 0) is 12.3 Å². The molecule has 2 fully saturated rings. The van der Waals surface area contributed by atoms with E-state index in [-0.39, 0.29) is 11.3 Å². The molecular weight excluding hydrogens is 499 g/mol. The van der Waals surface area contributed by atoms with Crippen LogP contribution >= 0.6 is 23.5 Å². The van der Waals surface area contributed by atoms with Crippen LogP contribution in [-0.4, -0.2) is 68.1 Å². The lowest BCUT2D eigenvalue weighted by molar-refractivity contribution is -0.0269. The number of aliphatic hydroxyl groups excluding tert-OH is 2. The standard InChI is InChI=1S/C12H18N5O12P3/c13-10-7-11(15-3-14-10)17(4-16-7)12-1-6(12)5(8(18)9(12)19)2-27-31(23,24)29-32(25,26)28-30(20,21)22/h3-6,8-9,18-19H,1-2H2,(H,23,24)(H,25,26)(H2,13,14,15)(H2,20,21,22)/t5?,6-,8+,9+,12+/m0/s1. The molecule has 17 nitrogen and oxygen atoms in total. The van der Waals surface area contributed by atoms with Crippen molar-refractivity contribution in [3.63, 3.8) is 0 Å². The molecular formula is C12H18N5O12P3. The van der Waals surface area contributed by atoms with Crippen LogP contribution < -0.4 is 5.73 Å². The number of anilines is 1. The largest absolute Gasteiger partial charge is 0.490 e. The predicted molar refractivity (Wildman–Crippen MR) is 101 cm³/mol. The molecule has 20 heteroatoms. The molecule has 0 amide bonds. The van der Waals surface area contributed by atoms with Crippen molar-refractivity contribution in [1.82, 2.24) is 19.5 Å². The molecule has 2 aliphatic carbocycles. The van der Waals surface area contributed by atoms with Gasteiger partial charge in [0.1, 0.15) is 17.9 Å². The number of nitrogens with two attached hydrogens (primary N) is 1. The van der Waals surface area contributed by atoms with E-state index in [1.807, 2.05) is 0 Å². The summed E-state index contributed by atoms with van der Waals surface area (Å²) in [6.45, 7) is -0.710. The summed E-state index contributed by atoms with van der Waals surface area (Å²) in [6, 6.07) is 0. The summed E-state index contributed by atoms with van der Waals surface area (Å²) in [6.07, 6.45) is 0.101. The van der Waals surface area contributed by atoms with E-state index < -0.39 is 59.7 Å². The number of rotatable bonds is 8. The number of imidazole rings is 1. The van der Waals surface area contributed by atoms with Crippen LogP contribution in [0.4, 0.5) is 5.82 Å². The zero-order valence-electron chi connectivity index (χ0n) is 15.7. The zero-order valence-corrected chi connectivity index (χ0v) is 18.4. The van der Waals surface area contributed by atoms with Crippen molar-refractivity contribution in [3.05, 3.63) is 12.7 Å². The lowest BCUT2D eigenvalue weighted by Gasteiger charge is -2.24. The molecule has 0 aromatic carbocycles. The summed E-state index contributed by atoms with van der Waals surface area (Å²) in [7, 11) is -16.6.